The lowest BCUT2D eigenvalue weighted by Gasteiger charge is -2.34. The Labute approximate surface area is 173 Å². The summed E-state index contributed by atoms with van der Waals surface area (Å²) >= 11 is 0. The lowest BCUT2D eigenvalue weighted by atomic mass is 10.1. The standard InChI is InChI=1S/C23H31N3O3/c1-18-4-6-20(7-5-18)17-25-12-14-26(15-13-25)23(27)24-11-10-19-8-9-21(28-2)22(16-19)29-3/h4-9,16H,10-15,17H2,1-3H3,(H,24,27). The number of carbonyl (C=O) groups is 1. The van der Waals surface area contributed by atoms with Crippen molar-refractivity contribution >= 4 is 6.03 Å². The van der Waals surface area contributed by atoms with E-state index in [0.717, 1.165) is 44.7 Å². The summed E-state index contributed by atoms with van der Waals surface area (Å²) in [7, 11) is 3.25. The van der Waals surface area contributed by atoms with Crippen LogP contribution in [-0.4, -0.2) is 62.8 Å². The van der Waals surface area contributed by atoms with Gasteiger partial charge in [-0.05, 0) is 36.6 Å². The molecule has 1 saturated heterocycles. The number of hydrogen-bond donors (Lipinski definition) is 1. The summed E-state index contributed by atoms with van der Waals surface area (Å²) in [4.78, 5) is 16.8. The van der Waals surface area contributed by atoms with Gasteiger partial charge < -0.3 is 19.7 Å². The van der Waals surface area contributed by atoms with Crippen LogP contribution in [0.5, 0.6) is 11.5 Å². The third-order valence-corrected chi connectivity index (χ3v) is 5.32. The molecule has 0 spiro atoms. The van der Waals surface area contributed by atoms with Gasteiger partial charge in [0, 0.05) is 39.3 Å². The number of nitrogens with zero attached hydrogens (tertiary/aromatic N) is 2. The van der Waals surface area contributed by atoms with Crippen molar-refractivity contribution in [1.82, 2.24) is 15.1 Å². The van der Waals surface area contributed by atoms with Crippen molar-refractivity contribution in [2.45, 2.75) is 19.9 Å². The zero-order valence-electron chi connectivity index (χ0n) is 17.6. The van der Waals surface area contributed by atoms with Crippen LogP contribution in [0.25, 0.3) is 0 Å². The van der Waals surface area contributed by atoms with Gasteiger partial charge in [0.1, 0.15) is 0 Å². The van der Waals surface area contributed by atoms with Gasteiger partial charge in [0.05, 0.1) is 14.2 Å². The van der Waals surface area contributed by atoms with E-state index in [0.29, 0.717) is 18.0 Å². The van der Waals surface area contributed by atoms with Gasteiger partial charge in [-0.25, -0.2) is 4.79 Å². The van der Waals surface area contributed by atoms with E-state index in [1.165, 1.54) is 11.1 Å². The van der Waals surface area contributed by atoms with Crippen molar-refractivity contribution in [3.63, 3.8) is 0 Å². The molecule has 0 radical (unpaired) electrons. The first kappa shape index (κ1) is 21.0. The zero-order valence-corrected chi connectivity index (χ0v) is 17.6. The van der Waals surface area contributed by atoms with Crippen LogP contribution >= 0.6 is 0 Å². The first-order valence-electron chi connectivity index (χ1n) is 10.1. The van der Waals surface area contributed by atoms with Crippen molar-refractivity contribution in [2.24, 2.45) is 0 Å². The quantitative estimate of drug-likeness (QED) is 0.780. The van der Waals surface area contributed by atoms with Crippen LogP contribution in [0.3, 0.4) is 0 Å². The van der Waals surface area contributed by atoms with Gasteiger partial charge in [-0.1, -0.05) is 35.9 Å². The van der Waals surface area contributed by atoms with Crippen molar-refractivity contribution in [3.8, 4) is 11.5 Å². The van der Waals surface area contributed by atoms with Crippen LogP contribution in [0.15, 0.2) is 42.5 Å². The van der Waals surface area contributed by atoms with Gasteiger partial charge in [-0.3, -0.25) is 4.90 Å². The number of piperazine rings is 1. The van der Waals surface area contributed by atoms with Gasteiger partial charge in [0.2, 0.25) is 0 Å². The highest BCUT2D eigenvalue weighted by atomic mass is 16.5. The molecule has 2 amide bonds. The predicted octanol–water partition coefficient (Wildman–Crippen LogP) is 3.08. The topological polar surface area (TPSA) is 54.0 Å². The molecule has 1 aliphatic heterocycles. The summed E-state index contributed by atoms with van der Waals surface area (Å²) in [6.45, 7) is 6.95. The maximum atomic E-state index is 12.5. The number of benzene rings is 2. The summed E-state index contributed by atoms with van der Waals surface area (Å²) in [6, 6.07) is 14.5. The molecule has 1 fully saturated rings. The number of rotatable bonds is 7. The van der Waals surface area contributed by atoms with Gasteiger partial charge in [-0.2, -0.15) is 0 Å². The second-order valence-corrected chi connectivity index (χ2v) is 7.42. The van der Waals surface area contributed by atoms with E-state index in [1.807, 2.05) is 23.1 Å². The number of nitrogens with one attached hydrogen (secondary N) is 1. The van der Waals surface area contributed by atoms with E-state index in [2.05, 4.69) is 41.4 Å². The molecule has 2 aromatic rings. The molecule has 0 unspecified atom stereocenters. The Kier molecular flexibility index (Phi) is 7.36. The smallest absolute Gasteiger partial charge is 0.317 e. The Morgan fingerprint density at radius 2 is 1.59 bits per heavy atom. The Hall–Kier alpha value is -2.73. The minimum atomic E-state index is 0.0143. The lowest BCUT2D eigenvalue weighted by molar-refractivity contribution is 0.135. The van der Waals surface area contributed by atoms with Crippen molar-refractivity contribution in [2.75, 3.05) is 46.9 Å². The fourth-order valence-corrected chi connectivity index (χ4v) is 3.52. The molecule has 1 N–H and O–H groups in total. The normalized spacial score (nSPS) is 14.5. The Morgan fingerprint density at radius 3 is 2.24 bits per heavy atom. The van der Waals surface area contributed by atoms with Gasteiger partial charge in [-0.15, -0.1) is 0 Å². The minimum Gasteiger partial charge on any atom is -0.493 e. The average Bonchev–Trinajstić information content (AvgIpc) is 2.75. The van der Waals surface area contributed by atoms with E-state index in [1.54, 1.807) is 14.2 Å². The molecular weight excluding hydrogens is 366 g/mol. The van der Waals surface area contributed by atoms with E-state index in [-0.39, 0.29) is 6.03 Å². The number of methoxy groups -OCH3 is 2. The molecule has 156 valence electrons. The number of aryl methyl sites for hydroxylation is 1. The molecule has 1 aliphatic rings. The van der Waals surface area contributed by atoms with E-state index in [9.17, 15) is 4.79 Å². The molecule has 6 nitrogen and oxygen atoms in total. The first-order valence-corrected chi connectivity index (χ1v) is 10.1. The average molecular weight is 398 g/mol. The van der Waals surface area contributed by atoms with Gasteiger partial charge in [0.15, 0.2) is 11.5 Å². The largest absolute Gasteiger partial charge is 0.493 e. The SMILES string of the molecule is COc1ccc(CCNC(=O)N2CCN(Cc3ccc(C)cc3)CC2)cc1OC. The van der Waals surface area contributed by atoms with E-state index < -0.39 is 0 Å². The third-order valence-electron chi connectivity index (χ3n) is 5.32. The molecule has 0 saturated carbocycles. The highest BCUT2D eigenvalue weighted by molar-refractivity contribution is 5.74. The van der Waals surface area contributed by atoms with E-state index >= 15 is 0 Å². The Morgan fingerprint density at radius 1 is 0.931 bits per heavy atom. The van der Waals surface area contributed by atoms with Crippen molar-refractivity contribution in [3.05, 3.63) is 59.2 Å². The maximum absolute atomic E-state index is 12.5. The summed E-state index contributed by atoms with van der Waals surface area (Å²) in [5.41, 5.74) is 3.71. The molecule has 2 aromatic carbocycles. The van der Waals surface area contributed by atoms with Crippen LogP contribution in [0.4, 0.5) is 4.79 Å². The zero-order chi connectivity index (χ0) is 20.6. The summed E-state index contributed by atoms with van der Waals surface area (Å²) in [5, 5.41) is 3.03. The molecule has 0 aliphatic carbocycles. The number of carbonyl (C=O) groups excluding carboxylic acids is 1. The van der Waals surface area contributed by atoms with Crippen LogP contribution in [0.2, 0.25) is 0 Å². The van der Waals surface area contributed by atoms with Crippen LogP contribution in [0.1, 0.15) is 16.7 Å². The van der Waals surface area contributed by atoms with Crippen molar-refractivity contribution < 1.29 is 14.3 Å². The predicted molar refractivity (Wildman–Crippen MR) is 115 cm³/mol. The maximum Gasteiger partial charge on any atom is 0.317 e. The van der Waals surface area contributed by atoms with Gasteiger partial charge >= 0.3 is 6.03 Å². The highest BCUT2D eigenvalue weighted by Gasteiger charge is 2.20. The molecule has 0 aromatic heterocycles. The Bertz CT molecular complexity index is 800. The second kappa shape index (κ2) is 10.2. The molecule has 0 atom stereocenters. The Balaban J connectivity index is 1.40. The highest BCUT2D eigenvalue weighted by Crippen LogP contribution is 2.27. The number of ether oxygens (including phenoxy) is 2. The summed E-state index contributed by atoms with van der Waals surface area (Å²) in [5.74, 6) is 1.42. The molecule has 1 heterocycles. The van der Waals surface area contributed by atoms with Gasteiger partial charge in [0.25, 0.3) is 0 Å². The molecule has 0 bridgehead atoms. The second-order valence-electron chi connectivity index (χ2n) is 7.42. The monoisotopic (exact) mass is 397 g/mol. The fourth-order valence-electron chi connectivity index (χ4n) is 3.52. The van der Waals surface area contributed by atoms with Crippen LogP contribution in [-0.2, 0) is 13.0 Å². The third kappa shape index (κ3) is 5.87. The number of amides is 2. The lowest BCUT2D eigenvalue weighted by Crippen LogP contribution is -2.51. The summed E-state index contributed by atoms with van der Waals surface area (Å²) in [6.07, 6.45) is 0.749. The molecular formula is C23H31N3O3. The van der Waals surface area contributed by atoms with Crippen molar-refractivity contribution in [1.29, 1.82) is 0 Å². The minimum absolute atomic E-state index is 0.0143. The molecule has 6 heteroatoms. The molecule has 3 rings (SSSR count). The molecule has 29 heavy (non-hydrogen) atoms. The summed E-state index contributed by atoms with van der Waals surface area (Å²) < 4.78 is 10.6. The number of hydrogen-bond acceptors (Lipinski definition) is 4. The van der Waals surface area contributed by atoms with Crippen LogP contribution in [0, 0.1) is 6.92 Å². The fraction of sp³-hybridized carbons (Fsp3) is 0.435. The van der Waals surface area contributed by atoms with E-state index in [4.69, 9.17) is 9.47 Å². The van der Waals surface area contributed by atoms with Crippen LogP contribution < -0.4 is 14.8 Å². The first-order chi connectivity index (χ1) is 14.1. The number of urea groups is 1.